The van der Waals surface area contributed by atoms with E-state index < -0.39 is 9.84 Å². The fourth-order valence-electron chi connectivity index (χ4n) is 1.69. The van der Waals surface area contributed by atoms with Gasteiger partial charge >= 0.3 is 0 Å². The largest absolute Gasteiger partial charge is 0.354 e. The van der Waals surface area contributed by atoms with E-state index in [9.17, 15) is 8.42 Å². The molecule has 1 aromatic rings. The molecule has 0 aliphatic carbocycles. The monoisotopic (exact) mass is 258 g/mol. The zero-order valence-corrected chi connectivity index (χ0v) is 11.6. The Morgan fingerprint density at radius 2 is 2.06 bits per heavy atom. The van der Waals surface area contributed by atoms with Gasteiger partial charge in [-0.3, -0.25) is 0 Å². The number of aryl methyl sites for hydroxylation is 1. The van der Waals surface area contributed by atoms with Gasteiger partial charge in [-0.1, -0.05) is 13.8 Å². The Balaban J connectivity index is 2.52. The Kier molecular flexibility index (Phi) is 4.77. The van der Waals surface area contributed by atoms with Crippen LogP contribution >= 0.6 is 0 Å². The maximum Gasteiger partial charge on any atom is 0.147 e. The van der Waals surface area contributed by atoms with Gasteiger partial charge in [0.1, 0.15) is 9.84 Å². The van der Waals surface area contributed by atoms with Crippen molar-refractivity contribution >= 4 is 9.84 Å². The molecule has 1 unspecified atom stereocenters. The molecule has 0 saturated heterocycles. The van der Waals surface area contributed by atoms with Gasteiger partial charge in [0, 0.05) is 31.2 Å². The number of hydrogen-bond donors (Lipinski definition) is 1. The maximum atomic E-state index is 11.0. The zero-order chi connectivity index (χ0) is 13.1. The minimum Gasteiger partial charge on any atom is -0.354 e. The highest BCUT2D eigenvalue weighted by Crippen LogP contribution is 2.18. The normalized spacial score (nSPS) is 14.2. The van der Waals surface area contributed by atoms with E-state index in [1.165, 1.54) is 6.26 Å². The van der Waals surface area contributed by atoms with Gasteiger partial charge in [0.2, 0.25) is 0 Å². The highest BCUT2D eigenvalue weighted by Gasteiger charge is 2.11. The number of nitrogens with zero attached hydrogens (tertiary/aromatic N) is 1. The molecular weight excluding hydrogens is 236 g/mol. The molecule has 0 aliphatic rings. The summed E-state index contributed by atoms with van der Waals surface area (Å²) in [5.41, 5.74) is 7.15. The molecule has 0 aromatic carbocycles. The van der Waals surface area contributed by atoms with Crippen LogP contribution < -0.4 is 5.73 Å². The molecule has 0 fully saturated rings. The topological polar surface area (TPSA) is 65.1 Å². The van der Waals surface area contributed by atoms with E-state index in [0.29, 0.717) is 12.3 Å². The van der Waals surface area contributed by atoms with Crippen molar-refractivity contribution in [3.63, 3.8) is 0 Å². The van der Waals surface area contributed by atoms with E-state index in [1.54, 1.807) is 0 Å². The third kappa shape index (κ3) is 4.91. The van der Waals surface area contributed by atoms with Crippen molar-refractivity contribution in [2.24, 2.45) is 11.7 Å². The zero-order valence-electron chi connectivity index (χ0n) is 10.8. The number of rotatable bonds is 6. The lowest BCUT2D eigenvalue weighted by Gasteiger charge is -2.13. The van der Waals surface area contributed by atoms with Gasteiger partial charge in [-0.15, -0.1) is 0 Å². The first-order chi connectivity index (χ1) is 7.79. The summed E-state index contributed by atoms with van der Waals surface area (Å²) < 4.78 is 24.0. The lowest BCUT2D eigenvalue weighted by atomic mass is 10.00. The predicted molar refractivity (Wildman–Crippen MR) is 70.5 cm³/mol. The summed E-state index contributed by atoms with van der Waals surface area (Å²) in [6.45, 7) is 4.90. The summed E-state index contributed by atoms with van der Waals surface area (Å²) in [5, 5.41) is 0. The second-order valence-electron chi connectivity index (χ2n) is 4.94. The molecule has 1 aromatic heterocycles. The van der Waals surface area contributed by atoms with Crippen molar-refractivity contribution in [1.29, 1.82) is 0 Å². The van der Waals surface area contributed by atoms with Gasteiger partial charge in [-0.25, -0.2) is 8.42 Å². The molecule has 1 rings (SSSR count). The van der Waals surface area contributed by atoms with Gasteiger partial charge in [-0.2, -0.15) is 0 Å². The Bertz CT molecular complexity index is 449. The van der Waals surface area contributed by atoms with Gasteiger partial charge < -0.3 is 10.3 Å². The maximum absolute atomic E-state index is 11.0. The molecule has 1 heterocycles. The average molecular weight is 258 g/mol. The van der Waals surface area contributed by atoms with Gasteiger partial charge in [0.15, 0.2) is 0 Å². The summed E-state index contributed by atoms with van der Waals surface area (Å²) in [7, 11) is -2.86. The first-order valence-electron chi connectivity index (χ1n) is 5.88. The van der Waals surface area contributed by atoms with Crippen molar-refractivity contribution < 1.29 is 8.42 Å². The molecule has 98 valence electrons. The molecule has 0 radical (unpaired) electrons. The molecule has 0 saturated carbocycles. The van der Waals surface area contributed by atoms with Crippen LogP contribution in [0.15, 0.2) is 18.5 Å². The summed E-state index contributed by atoms with van der Waals surface area (Å²) >= 11 is 0. The van der Waals surface area contributed by atoms with E-state index in [4.69, 9.17) is 5.73 Å². The number of hydrogen-bond acceptors (Lipinski definition) is 3. The Hall–Kier alpha value is -0.810. The van der Waals surface area contributed by atoms with E-state index in [0.717, 1.165) is 12.1 Å². The van der Waals surface area contributed by atoms with Gasteiger partial charge in [-0.05, 0) is 24.0 Å². The molecule has 17 heavy (non-hydrogen) atoms. The van der Waals surface area contributed by atoms with Crippen LogP contribution in [-0.4, -0.2) is 25.0 Å². The Morgan fingerprint density at radius 3 is 2.59 bits per heavy atom. The summed E-state index contributed by atoms with van der Waals surface area (Å²) in [6, 6.07) is 2.05. The van der Waals surface area contributed by atoms with Crippen LogP contribution in [0, 0.1) is 5.92 Å². The third-order valence-corrected chi connectivity index (χ3v) is 3.84. The van der Waals surface area contributed by atoms with Crippen LogP contribution in [-0.2, 0) is 16.4 Å². The smallest absolute Gasteiger partial charge is 0.147 e. The van der Waals surface area contributed by atoms with Crippen LogP contribution in [0.25, 0.3) is 0 Å². The molecule has 0 spiro atoms. The van der Waals surface area contributed by atoms with Gasteiger partial charge in [0.25, 0.3) is 0 Å². The average Bonchev–Trinajstić information content (AvgIpc) is 2.63. The fraction of sp³-hybridized carbons (Fsp3) is 0.667. The third-order valence-electron chi connectivity index (χ3n) is 2.81. The fourth-order valence-corrected chi connectivity index (χ4v) is 2.34. The molecule has 5 heteroatoms. The van der Waals surface area contributed by atoms with Gasteiger partial charge in [0.05, 0.1) is 5.75 Å². The SMILES string of the molecule is CC(C)C(N)c1ccn(CCCS(C)(=O)=O)c1. The van der Waals surface area contributed by atoms with Crippen LogP contribution in [0.2, 0.25) is 0 Å². The lowest BCUT2D eigenvalue weighted by molar-refractivity contribution is 0.513. The standard InChI is InChI=1S/C12H22N2O2S/c1-10(2)12(13)11-5-7-14(9-11)6-4-8-17(3,15)16/h5,7,9-10,12H,4,6,8,13H2,1-3H3. The molecular formula is C12H22N2O2S. The minimum absolute atomic E-state index is 0.0474. The minimum atomic E-state index is -2.86. The Labute approximate surface area is 104 Å². The van der Waals surface area contributed by atoms with Crippen LogP contribution in [0.4, 0.5) is 0 Å². The molecule has 0 aliphatic heterocycles. The van der Waals surface area contributed by atoms with Crippen LogP contribution in [0.1, 0.15) is 31.9 Å². The van der Waals surface area contributed by atoms with Crippen molar-refractivity contribution in [1.82, 2.24) is 4.57 Å². The second kappa shape index (κ2) is 5.69. The summed E-state index contributed by atoms with van der Waals surface area (Å²) in [5.74, 6) is 0.637. The number of aromatic nitrogens is 1. The Morgan fingerprint density at radius 1 is 1.41 bits per heavy atom. The molecule has 4 nitrogen and oxygen atoms in total. The van der Waals surface area contributed by atoms with Crippen LogP contribution in [0.3, 0.4) is 0 Å². The molecule has 1 atom stereocenters. The highest BCUT2D eigenvalue weighted by atomic mass is 32.2. The van der Waals surface area contributed by atoms with E-state index in [2.05, 4.69) is 13.8 Å². The first-order valence-corrected chi connectivity index (χ1v) is 7.94. The lowest BCUT2D eigenvalue weighted by Crippen LogP contribution is -2.16. The highest BCUT2D eigenvalue weighted by molar-refractivity contribution is 7.90. The number of sulfone groups is 1. The van der Waals surface area contributed by atoms with E-state index >= 15 is 0 Å². The van der Waals surface area contributed by atoms with Crippen molar-refractivity contribution in [2.75, 3.05) is 12.0 Å². The molecule has 0 amide bonds. The van der Waals surface area contributed by atoms with Crippen molar-refractivity contribution in [3.05, 3.63) is 24.0 Å². The quantitative estimate of drug-likeness (QED) is 0.842. The van der Waals surface area contributed by atoms with E-state index in [-0.39, 0.29) is 11.8 Å². The molecule has 2 N–H and O–H groups in total. The summed E-state index contributed by atoms with van der Waals surface area (Å²) in [4.78, 5) is 0. The van der Waals surface area contributed by atoms with Crippen molar-refractivity contribution in [2.45, 2.75) is 32.9 Å². The van der Waals surface area contributed by atoms with Crippen molar-refractivity contribution in [3.8, 4) is 0 Å². The van der Waals surface area contributed by atoms with Crippen LogP contribution in [0.5, 0.6) is 0 Å². The number of nitrogens with two attached hydrogens (primary N) is 1. The summed E-state index contributed by atoms with van der Waals surface area (Å²) in [6.07, 6.45) is 5.87. The molecule has 0 bridgehead atoms. The second-order valence-corrected chi connectivity index (χ2v) is 7.20. The first kappa shape index (κ1) is 14.3. The van der Waals surface area contributed by atoms with E-state index in [1.807, 2.05) is 23.0 Å². The predicted octanol–water partition coefficient (Wildman–Crippen LogP) is 1.58.